The molecule has 2 aromatic rings. The number of nitrogens with zero attached hydrogens (tertiary/aromatic N) is 4. The molecule has 0 bridgehead atoms. The maximum Gasteiger partial charge on any atom is 0.191 e. The summed E-state index contributed by atoms with van der Waals surface area (Å²) in [5, 5.41) is 16.0. The van der Waals surface area contributed by atoms with Crippen molar-refractivity contribution in [3.05, 3.63) is 45.5 Å². The molecule has 0 saturated carbocycles. The zero-order valence-corrected chi connectivity index (χ0v) is 17.4. The second kappa shape index (κ2) is 11.1. The average Bonchev–Trinajstić information content (AvgIpc) is 2.96. The molecule has 1 aromatic heterocycles. The minimum Gasteiger partial charge on any atom is -0.382 e. The van der Waals surface area contributed by atoms with Gasteiger partial charge in [-0.1, -0.05) is 29.3 Å². The van der Waals surface area contributed by atoms with Crippen molar-refractivity contribution in [3.8, 4) is 0 Å². The number of guanidine groups is 1. The molecule has 27 heavy (non-hydrogen) atoms. The summed E-state index contributed by atoms with van der Waals surface area (Å²) in [6.07, 6.45) is 0.888. The third kappa shape index (κ3) is 7.01. The number of ether oxygens (including phenoxy) is 1. The van der Waals surface area contributed by atoms with E-state index in [1.807, 2.05) is 37.6 Å². The predicted octanol–water partition coefficient (Wildman–Crippen LogP) is 3.09. The Morgan fingerprint density at radius 3 is 2.74 bits per heavy atom. The molecule has 0 unspecified atom stereocenters. The molecule has 0 aliphatic heterocycles. The first kappa shape index (κ1) is 21.5. The van der Waals surface area contributed by atoms with E-state index in [1.54, 1.807) is 6.07 Å². The zero-order chi connectivity index (χ0) is 19.6. The van der Waals surface area contributed by atoms with Crippen molar-refractivity contribution < 1.29 is 4.74 Å². The van der Waals surface area contributed by atoms with Crippen LogP contribution in [0.4, 0.5) is 0 Å². The predicted molar refractivity (Wildman–Crippen MR) is 109 cm³/mol. The van der Waals surface area contributed by atoms with Gasteiger partial charge in [0.15, 0.2) is 11.8 Å². The van der Waals surface area contributed by atoms with E-state index in [4.69, 9.17) is 27.9 Å². The summed E-state index contributed by atoms with van der Waals surface area (Å²) in [6.45, 7) is 7.04. The fourth-order valence-corrected chi connectivity index (χ4v) is 2.75. The molecule has 148 valence electrons. The molecule has 0 saturated heterocycles. The van der Waals surface area contributed by atoms with Crippen LogP contribution in [-0.4, -0.2) is 40.5 Å². The number of halogens is 2. The Balaban J connectivity index is 1.99. The van der Waals surface area contributed by atoms with Gasteiger partial charge in [0.1, 0.15) is 5.82 Å². The minimum absolute atomic E-state index is 0.439. The van der Waals surface area contributed by atoms with E-state index in [9.17, 15) is 0 Å². The van der Waals surface area contributed by atoms with Crippen molar-refractivity contribution in [2.24, 2.45) is 12.0 Å². The molecule has 1 heterocycles. The van der Waals surface area contributed by atoms with Crippen LogP contribution in [0.2, 0.25) is 10.0 Å². The molecule has 0 spiro atoms. The zero-order valence-electron chi connectivity index (χ0n) is 15.9. The quantitative estimate of drug-likeness (QED) is 0.375. The van der Waals surface area contributed by atoms with Crippen LogP contribution < -0.4 is 10.6 Å². The topological polar surface area (TPSA) is 76.4 Å². The normalized spacial score (nSPS) is 11.7. The molecule has 0 atom stereocenters. The Morgan fingerprint density at radius 1 is 1.26 bits per heavy atom. The average molecular weight is 413 g/mol. The van der Waals surface area contributed by atoms with Gasteiger partial charge in [0.05, 0.1) is 13.1 Å². The number of benzene rings is 1. The van der Waals surface area contributed by atoms with Crippen LogP contribution in [0.5, 0.6) is 0 Å². The summed E-state index contributed by atoms with van der Waals surface area (Å²) in [4.78, 5) is 4.62. The van der Waals surface area contributed by atoms with Crippen molar-refractivity contribution in [2.45, 2.75) is 33.4 Å². The molecule has 0 amide bonds. The first-order valence-electron chi connectivity index (χ1n) is 8.90. The molecule has 2 rings (SSSR count). The van der Waals surface area contributed by atoms with Gasteiger partial charge in [0, 0.05) is 36.9 Å². The van der Waals surface area contributed by atoms with Crippen molar-refractivity contribution in [2.75, 3.05) is 19.8 Å². The monoisotopic (exact) mass is 412 g/mol. The first-order valence-corrected chi connectivity index (χ1v) is 9.65. The highest BCUT2D eigenvalue weighted by Gasteiger charge is 2.07. The summed E-state index contributed by atoms with van der Waals surface area (Å²) in [5.74, 6) is 2.38. The molecule has 2 N–H and O–H groups in total. The van der Waals surface area contributed by atoms with Crippen molar-refractivity contribution in [3.63, 3.8) is 0 Å². The lowest BCUT2D eigenvalue weighted by atomic mass is 10.2. The van der Waals surface area contributed by atoms with Gasteiger partial charge >= 0.3 is 0 Å². The number of aliphatic imine (C=N–C) groups is 1. The lowest BCUT2D eigenvalue weighted by Gasteiger charge is -2.13. The smallest absolute Gasteiger partial charge is 0.191 e. The van der Waals surface area contributed by atoms with E-state index in [0.717, 1.165) is 36.8 Å². The number of rotatable bonds is 9. The van der Waals surface area contributed by atoms with Crippen molar-refractivity contribution >= 4 is 29.2 Å². The van der Waals surface area contributed by atoms with E-state index in [0.29, 0.717) is 35.7 Å². The van der Waals surface area contributed by atoms with E-state index in [2.05, 4.69) is 25.8 Å². The van der Waals surface area contributed by atoms with Crippen LogP contribution in [-0.2, 0) is 24.9 Å². The Morgan fingerprint density at radius 2 is 2.07 bits per heavy atom. The second-order valence-corrected chi connectivity index (χ2v) is 6.80. The van der Waals surface area contributed by atoms with Crippen LogP contribution in [0.3, 0.4) is 0 Å². The van der Waals surface area contributed by atoms with Gasteiger partial charge in [0.2, 0.25) is 0 Å². The van der Waals surface area contributed by atoms with E-state index in [1.165, 1.54) is 0 Å². The maximum absolute atomic E-state index is 6.24. The van der Waals surface area contributed by atoms with Gasteiger partial charge < -0.3 is 19.9 Å². The summed E-state index contributed by atoms with van der Waals surface area (Å²) < 4.78 is 7.31. The summed E-state index contributed by atoms with van der Waals surface area (Å²) >= 11 is 12.2. The molecular weight excluding hydrogens is 387 g/mol. The summed E-state index contributed by atoms with van der Waals surface area (Å²) in [6, 6.07) is 5.41. The van der Waals surface area contributed by atoms with Crippen LogP contribution in [0.15, 0.2) is 23.2 Å². The minimum atomic E-state index is 0.439. The fourth-order valence-electron chi connectivity index (χ4n) is 2.28. The molecule has 9 heteroatoms. The molecule has 1 aromatic carbocycles. The highest BCUT2D eigenvalue weighted by molar-refractivity contribution is 6.35. The highest BCUT2D eigenvalue weighted by Crippen LogP contribution is 2.21. The Bertz CT molecular complexity index is 762. The largest absolute Gasteiger partial charge is 0.382 e. The van der Waals surface area contributed by atoms with Crippen LogP contribution in [0.25, 0.3) is 0 Å². The number of hydrogen-bond acceptors (Lipinski definition) is 4. The van der Waals surface area contributed by atoms with Crippen molar-refractivity contribution in [1.82, 2.24) is 25.4 Å². The van der Waals surface area contributed by atoms with E-state index >= 15 is 0 Å². The third-order valence-electron chi connectivity index (χ3n) is 3.98. The molecule has 0 aliphatic rings. The van der Waals surface area contributed by atoms with Gasteiger partial charge in [-0.25, -0.2) is 4.99 Å². The number of aryl methyl sites for hydroxylation is 1. The van der Waals surface area contributed by atoms with Crippen LogP contribution in [0, 0.1) is 6.92 Å². The van der Waals surface area contributed by atoms with Gasteiger partial charge in [-0.2, -0.15) is 0 Å². The first-order chi connectivity index (χ1) is 13.0. The highest BCUT2D eigenvalue weighted by atomic mass is 35.5. The third-order valence-corrected chi connectivity index (χ3v) is 4.57. The van der Waals surface area contributed by atoms with Gasteiger partial charge in [-0.3, -0.25) is 0 Å². The lowest BCUT2D eigenvalue weighted by molar-refractivity contribution is 0.145. The fraction of sp³-hybridized carbons (Fsp3) is 0.500. The van der Waals surface area contributed by atoms with Crippen molar-refractivity contribution in [1.29, 1.82) is 0 Å². The molecule has 0 fully saturated rings. The molecular formula is C18H26Cl2N6O. The molecule has 0 aliphatic carbocycles. The number of aromatic nitrogens is 3. The van der Waals surface area contributed by atoms with Gasteiger partial charge in [-0.05, 0) is 38.0 Å². The summed E-state index contributed by atoms with van der Waals surface area (Å²) in [5.41, 5.74) is 0.908. The lowest BCUT2D eigenvalue weighted by Crippen LogP contribution is -2.38. The SMILES string of the molecule is CCOCCCNC(=NCc1ccc(Cl)cc1Cl)NCc1nnc(C)n1C. The number of hydrogen-bond donors (Lipinski definition) is 2. The maximum atomic E-state index is 6.24. The summed E-state index contributed by atoms with van der Waals surface area (Å²) in [7, 11) is 1.94. The van der Waals surface area contributed by atoms with E-state index < -0.39 is 0 Å². The Hall–Kier alpha value is -1.83. The van der Waals surface area contributed by atoms with Crippen LogP contribution >= 0.6 is 23.2 Å². The van der Waals surface area contributed by atoms with E-state index in [-0.39, 0.29) is 0 Å². The molecule has 0 radical (unpaired) electrons. The van der Waals surface area contributed by atoms with Crippen LogP contribution in [0.1, 0.15) is 30.6 Å². The van der Waals surface area contributed by atoms with Gasteiger partial charge in [-0.15, -0.1) is 10.2 Å². The number of nitrogens with one attached hydrogen (secondary N) is 2. The molecule has 7 nitrogen and oxygen atoms in total. The van der Waals surface area contributed by atoms with Gasteiger partial charge in [0.25, 0.3) is 0 Å². The Kier molecular flexibility index (Phi) is 8.84. The standard InChI is InChI=1S/C18H26Cl2N6O/c1-4-27-9-5-8-21-18(23-12-17-25-24-13(2)26(17)3)22-11-14-6-7-15(19)10-16(14)20/h6-7,10H,4-5,8-9,11-12H2,1-3H3,(H2,21,22,23). The second-order valence-electron chi connectivity index (χ2n) is 5.95. The Labute approximate surface area is 170 Å².